The molecule has 1 amide bonds. The number of benzene rings is 1. The molecule has 1 aromatic carbocycles. The van der Waals surface area contributed by atoms with Crippen LogP contribution in [-0.2, 0) is 4.79 Å². The van der Waals surface area contributed by atoms with Crippen LogP contribution in [0.15, 0.2) is 29.4 Å². The number of hydrogen-bond donors (Lipinski definition) is 2. The Morgan fingerprint density at radius 1 is 1.25 bits per heavy atom. The summed E-state index contributed by atoms with van der Waals surface area (Å²) in [7, 11) is 1.61. The lowest BCUT2D eigenvalue weighted by Crippen LogP contribution is -2.27. The summed E-state index contributed by atoms with van der Waals surface area (Å²) in [6.45, 7) is 0.178. The Labute approximate surface area is 119 Å². The maximum Gasteiger partial charge on any atom is 0.259 e. The normalized spacial score (nSPS) is 14.6. The zero-order valence-electron chi connectivity index (χ0n) is 11.8. The Hall–Kier alpha value is -2.04. The Balaban J connectivity index is 1.80. The summed E-state index contributed by atoms with van der Waals surface area (Å²) in [5.41, 5.74) is 4.51. The number of methoxy groups -OCH3 is 1. The third-order valence-electron chi connectivity index (χ3n) is 3.32. The molecule has 1 aromatic rings. The summed E-state index contributed by atoms with van der Waals surface area (Å²) in [5.74, 6) is 0.577. The molecule has 0 saturated heterocycles. The minimum Gasteiger partial charge on any atom is -0.495 e. The number of hydrazone groups is 1. The first-order valence-corrected chi connectivity index (χ1v) is 7.01. The number of para-hydroxylation sites is 2. The maximum absolute atomic E-state index is 11.7. The molecule has 0 aromatic heterocycles. The summed E-state index contributed by atoms with van der Waals surface area (Å²) in [4.78, 5) is 11.7. The summed E-state index contributed by atoms with van der Waals surface area (Å²) in [5, 5.41) is 7.23. The van der Waals surface area contributed by atoms with Crippen molar-refractivity contribution in [3.63, 3.8) is 0 Å². The Morgan fingerprint density at radius 3 is 2.75 bits per heavy atom. The molecule has 5 nitrogen and oxygen atoms in total. The largest absolute Gasteiger partial charge is 0.495 e. The predicted octanol–water partition coefficient (Wildman–Crippen LogP) is 2.54. The van der Waals surface area contributed by atoms with Gasteiger partial charge in [-0.3, -0.25) is 4.79 Å². The minimum atomic E-state index is -0.144. The summed E-state index contributed by atoms with van der Waals surface area (Å²) in [6.07, 6.45) is 5.62. The van der Waals surface area contributed by atoms with E-state index in [4.69, 9.17) is 4.74 Å². The van der Waals surface area contributed by atoms with E-state index >= 15 is 0 Å². The molecule has 0 heterocycles. The number of nitrogens with zero attached hydrogens (tertiary/aromatic N) is 1. The van der Waals surface area contributed by atoms with Crippen molar-refractivity contribution in [1.82, 2.24) is 5.43 Å². The second-order valence-electron chi connectivity index (χ2n) is 4.83. The van der Waals surface area contributed by atoms with E-state index in [-0.39, 0.29) is 12.5 Å². The van der Waals surface area contributed by atoms with E-state index < -0.39 is 0 Å². The number of hydrogen-bond acceptors (Lipinski definition) is 4. The van der Waals surface area contributed by atoms with Crippen LogP contribution in [0.3, 0.4) is 0 Å². The van der Waals surface area contributed by atoms with Crippen LogP contribution in [0.25, 0.3) is 0 Å². The molecule has 0 bridgehead atoms. The van der Waals surface area contributed by atoms with Crippen LogP contribution in [0.2, 0.25) is 0 Å². The predicted molar refractivity (Wildman–Crippen MR) is 80.1 cm³/mol. The molecule has 108 valence electrons. The molecule has 1 fully saturated rings. The number of carbonyl (C=O) groups is 1. The van der Waals surface area contributed by atoms with Crippen LogP contribution in [0.1, 0.15) is 32.1 Å². The lowest BCUT2D eigenvalue weighted by atomic mass is 9.99. The molecule has 0 unspecified atom stereocenters. The number of amides is 1. The van der Waals surface area contributed by atoms with Crippen molar-refractivity contribution in [2.45, 2.75) is 32.1 Å². The topological polar surface area (TPSA) is 62.7 Å². The van der Waals surface area contributed by atoms with E-state index in [1.807, 2.05) is 24.3 Å². The first-order valence-electron chi connectivity index (χ1n) is 7.01. The molecule has 0 atom stereocenters. The van der Waals surface area contributed by atoms with Gasteiger partial charge in [-0.05, 0) is 37.8 Å². The van der Waals surface area contributed by atoms with Crippen LogP contribution in [0.5, 0.6) is 5.75 Å². The molecular weight excluding hydrogens is 254 g/mol. The molecule has 0 aliphatic heterocycles. The molecule has 20 heavy (non-hydrogen) atoms. The molecule has 5 heteroatoms. The van der Waals surface area contributed by atoms with Crippen molar-refractivity contribution in [2.24, 2.45) is 5.10 Å². The van der Waals surface area contributed by atoms with Crippen molar-refractivity contribution < 1.29 is 9.53 Å². The van der Waals surface area contributed by atoms with Crippen molar-refractivity contribution in [1.29, 1.82) is 0 Å². The Morgan fingerprint density at radius 2 is 2.00 bits per heavy atom. The van der Waals surface area contributed by atoms with Gasteiger partial charge in [0.15, 0.2) is 0 Å². The summed E-state index contributed by atoms with van der Waals surface area (Å²) >= 11 is 0. The van der Waals surface area contributed by atoms with Gasteiger partial charge in [0.25, 0.3) is 5.91 Å². The van der Waals surface area contributed by atoms with Gasteiger partial charge in [-0.1, -0.05) is 18.6 Å². The van der Waals surface area contributed by atoms with Crippen LogP contribution < -0.4 is 15.5 Å². The molecular formula is C15H21N3O2. The van der Waals surface area contributed by atoms with Crippen LogP contribution in [0.4, 0.5) is 5.69 Å². The standard InChI is InChI=1S/C15H21N3O2/c1-20-14-10-6-5-9-13(14)16-11-15(19)18-17-12-7-3-2-4-8-12/h5-6,9-10,16H,2-4,7-8,11H2,1H3,(H,18,19). The molecule has 0 radical (unpaired) electrons. The highest BCUT2D eigenvalue weighted by Gasteiger charge is 2.08. The van der Waals surface area contributed by atoms with Gasteiger partial charge in [0.2, 0.25) is 0 Å². The van der Waals surface area contributed by atoms with Gasteiger partial charge >= 0.3 is 0 Å². The fourth-order valence-electron chi connectivity index (χ4n) is 2.22. The Kier molecular flexibility index (Phi) is 5.41. The smallest absolute Gasteiger partial charge is 0.259 e. The Bertz CT molecular complexity index is 478. The molecule has 2 N–H and O–H groups in total. The molecule has 0 spiro atoms. The van der Waals surface area contributed by atoms with Crippen LogP contribution in [0, 0.1) is 0 Å². The van der Waals surface area contributed by atoms with Crippen molar-refractivity contribution >= 4 is 17.3 Å². The quantitative estimate of drug-likeness (QED) is 0.812. The van der Waals surface area contributed by atoms with Crippen molar-refractivity contribution in [3.8, 4) is 5.75 Å². The number of carbonyl (C=O) groups excluding carboxylic acids is 1. The fourth-order valence-corrected chi connectivity index (χ4v) is 2.22. The van der Waals surface area contributed by atoms with E-state index in [9.17, 15) is 4.79 Å². The van der Waals surface area contributed by atoms with Gasteiger partial charge in [0, 0.05) is 5.71 Å². The van der Waals surface area contributed by atoms with Crippen molar-refractivity contribution in [3.05, 3.63) is 24.3 Å². The lowest BCUT2D eigenvalue weighted by Gasteiger charge is -2.13. The number of nitrogens with one attached hydrogen (secondary N) is 2. The first-order chi connectivity index (χ1) is 9.79. The van der Waals surface area contributed by atoms with E-state index in [2.05, 4.69) is 15.8 Å². The van der Waals surface area contributed by atoms with Gasteiger partial charge < -0.3 is 10.1 Å². The second-order valence-corrected chi connectivity index (χ2v) is 4.83. The zero-order chi connectivity index (χ0) is 14.2. The zero-order valence-corrected chi connectivity index (χ0v) is 11.8. The monoisotopic (exact) mass is 275 g/mol. The summed E-state index contributed by atoms with van der Waals surface area (Å²) < 4.78 is 5.21. The molecule has 1 saturated carbocycles. The van der Waals surface area contributed by atoms with E-state index in [1.54, 1.807) is 7.11 Å². The van der Waals surface area contributed by atoms with Crippen LogP contribution >= 0.6 is 0 Å². The third-order valence-corrected chi connectivity index (χ3v) is 3.32. The van der Waals surface area contributed by atoms with Gasteiger partial charge in [0.1, 0.15) is 5.75 Å². The highest BCUT2D eigenvalue weighted by atomic mass is 16.5. The SMILES string of the molecule is COc1ccccc1NCC(=O)NN=C1CCCCC1. The second kappa shape index (κ2) is 7.53. The van der Waals surface area contributed by atoms with E-state index in [0.29, 0.717) is 0 Å². The highest BCUT2D eigenvalue weighted by Crippen LogP contribution is 2.22. The minimum absolute atomic E-state index is 0.144. The lowest BCUT2D eigenvalue weighted by molar-refractivity contribution is -0.119. The maximum atomic E-state index is 11.7. The van der Waals surface area contributed by atoms with Crippen molar-refractivity contribution in [2.75, 3.05) is 19.0 Å². The number of ether oxygens (including phenoxy) is 1. The molecule has 1 aliphatic rings. The van der Waals surface area contributed by atoms with Gasteiger partial charge in [0.05, 0.1) is 19.3 Å². The van der Waals surface area contributed by atoms with E-state index in [1.165, 1.54) is 19.3 Å². The average molecular weight is 275 g/mol. The number of rotatable bonds is 5. The van der Waals surface area contributed by atoms with Gasteiger partial charge in [-0.15, -0.1) is 0 Å². The molecule has 2 rings (SSSR count). The van der Waals surface area contributed by atoms with Gasteiger partial charge in [-0.2, -0.15) is 5.10 Å². The summed E-state index contributed by atoms with van der Waals surface area (Å²) in [6, 6.07) is 7.51. The molecule has 1 aliphatic carbocycles. The third kappa shape index (κ3) is 4.26. The average Bonchev–Trinajstić information content (AvgIpc) is 2.52. The number of anilines is 1. The van der Waals surface area contributed by atoms with Gasteiger partial charge in [-0.25, -0.2) is 5.43 Å². The first kappa shape index (κ1) is 14.4. The highest BCUT2D eigenvalue weighted by molar-refractivity contribution is 5.87. The van der Waals surface area contributed by atoms with E-state index in [0.717, 1.165) is 30.0 Å². The fraction of sp³-hybridized carbons (Fsp3) is 0.467. The van der Waals surface area contributed by atoms with Crippen LogP contribution in [-0.4, -0.2) is 25.3 Å².